The fourth-order valence-electron chi connectivity index (χ4n) is 2.54. The Morgan fingerprint density at radius 1 is 1.30 bits per heavy atom. The first-order valence-corrected chi connectivity index (χ1v) is 7.70. The summed E-state index contributed by atoms with van der Waals surface area (Å²) in [4.78, 5) is 13.1. The van der Waals surface area contributed by atoms with Crippen molar-refractivity contribution in [3.8, 4) is 0 Å². The molecular weight excluding hydrogens is 296 g/mol. The maximum absolute atomic E-state index is 11.7. The molecule has 1 amide bonds. The van der Waals surface area contributed by atoms with Gasteiger partial charge in [0, 0.05) is 31.9 Å². The van der Waals surface area contributed by atoms with Crippen molar-refractivity contribution in [3.63, 3.8) is 0 Å². The van der Waals surface area contributed by atoms with Crippen LogP contribution in [0.2, 0.25) is 0 Å². The van der Waals surface area contributed by atoms with Crippen molar-refractivity contribution in [1.82, 2.24) is 24.5 Å². The van der Waals surface area contributed by atoms with E-state index in [1.807, 2.05) is 30.9 Å². The molecule has 2 aromatic rings. The average Bonchev–Trinajstić information content (AvgIpc) is 3.10. The van der Waals surface area contributed by atoms with Crippen LogP contribution in [0.25, 0.3) is 0 Å². The lowest BCUT2D eigenvalue weighted by Gasteiger charge is -2.29. The van der Waals surface area contributed by atoms with Gasteiger partial charge in [-0.05, 0) is 37.9 Å². The summed E-state index contributed by atoms with van der Waals surface area (Å²) in [5.41, 5.74) is 7.74. The molecular formula is C15H24N6O2. The standard InChI is InChI=1S/C15H24N6O2/c1-12-8-17-19(10-12)6-3-7-20(15(22)23)14(4-5-16)21-11-13(2)9-18-21/h8-11,14H,3-7,16H2,1-2H3,(H,22,23). The van der Waals surface area contributed by atoms with Crippen molar-refractivity contribution >= 4 is 6.09 Å². The molecule has 0 spiro atoms. The highest BCUT2D eigenvalue weighted by molar-refractivity contribution is 5.65. The SMILES string of the molecule is Cc1cnn(CCCN(C(=O)O)C(CCN)n2cc(C)cn2)c1. The first-order valence-electron chi connectivity index (χ1n) is 7.70. The number of nitrogens with two attached hydrogens (primary N) is 1. The molecule has 0 aliphatic rings. The monoisotopic (exact) mass is 320 g/mol. The van der Waals surface area contributed by atoms with E-state index in [1.165, 1.54) is 4.90 Å². The molecule has 126 valence electrons. The Hall–Kier alpha value is -2.35. The van der Waals surface area contributed by atoms with Gasteiger partial charge in [0.2, 0.25) is 0 Å². The second-order valence-electron chi connectivity index (χ2n) is 5.67. The number of rotatable bonds is 8. The zero-order chi connectivity index (χ0) is 16.8. The molecule has 0 saturated heterocycles. The van der Waals surface area contributed by atoms with E-state index in [0.717, 1.165) is 11.1 Å². The summed E-state index contributed by atoms with van der Waals surface area (Å²) in [6.07, 6.45) is 7.14. The molecule has 0 aromatic carbocycles. The molecule has 1 atom stereocenters. The molecule has 0 bridgehead atoms. The van der Waals surface area contributed by atoms with Gasteiger partial charge in [-0.2, -0.15) is 10.2 Å². The Morgan fingerprint density at radius 3 is 2.52 bits per heavy atom. The summed E-state index contributed by atoms with van der Waals surface area (Å²) in [5, 5.41) is 18.0. The number of amides is 1. The Balaban J connectivity index is 2.03. The van der Waals surface area contributed by atoms with E-state index in [9.17, 15) is 9.90 Å². The van der Waals surface area contributed by atoms with E-state index in [0.29, 0.717) is 32.5 Å². The third-order valence-corrected chi connectivity index (χ3v) is 3.61. The minimum absolute atomic E-state index is 0.384. The zero-order valence-electron chi connectivity index (χ0n) is 13.6. The number of hydrogen-bond donors (Lipinski definition) is 2. The van der Waals surface area contributed by atoms with Gasteiger partial charge in [0.25, 0.3) is 0 Å². The summed E-state index contributed by atoms with van der Waals surface area (Å²) < 4.78 is 3.50. The van der Waals surface area contributed by atoms with Gasteiger partial charge in [0.05, 0.1) is 12.4 Å². The van der Waals surface area contributed by atoms with Crippen molar-refractivity contribution in [1.29, 1.82) is 0 Å². The predicted molar refractivity (Wildman–Crippen MR) is 86.0 cm³/mol. The highest BCUT2D eigenvalue weighted by Gasteiger charge is 2.24. The van der Waals surface area contributed by atoms with E-state index in [4.69, 9.17) is 5.73 Å². The van der Waals surface area contributed by atoms with Crippen LogP contribution in [0.4, 0.5) is 4.79 Å². The topological polar surface area (TPSA) is 102 Å². The summed E-state index contributed by atoms with van der Waals surface area (Å²) in [5.74, 6) is 0. The second kappa shape index (κ2) is 7.77. The van der Waals surface area contributed by atoms with E-state index >= 15 is 0 Å². The van der Waals surface area contributed by atoms with Crippen molar-refractivity contribution in [2.45, 2.75) is 39.4 Å². The van der Waals surface area contributed by atoms with Crippen molar-refractivity contribution < 1.29 is 9.90 Å². The molecule has 0 aliphatic carbocycles. The maximum Gasteiger partial charge on any atom is 0.409 e. The van der Waals surface area contributed by atoms with Crippen LogP contribution in [-0.4, -0.2) is 48.8 Å². The molecule has 2 heterocycles. The molecule has 0 aliphatic heterocycles. The smallest absolute Gasteiger partial charge is 0.409 e. The van der Waals surface area contributed by atoms with Crippen molar-refractivity contribution in [3.05, 3.63) is 35.9 Å². The summed E-state index contributed by atoms with van der Waals surface area (Å²) in [7, 11) is 0. The number of aromatic nitrogens is 4. The van der Waals surface area contributed by atoms with Crippen LogP contribution in [-0.2, 0) is 6.54 Å². The molecule has 8 nitrogen and oxygen atoms in total. The molecule has 23 heavy (non-hydrogen) atoms. The molecule has 2 aromatic heterocycles. The van der Waals surface area contributed by atoms with E-state index in [1.54, 1.807) is 17.1 Å². The number of carbonyl (C=O) groups is 1. The second-order valence-corrected chi connectivity index (χ2v) is 5.67. The molecule has 0 radical (unpaired) electrons. The van der Waals surface area contributed by atoms with Crippen LogP contribution in [0.3, 0.4) is 0 Å². The van der Waals surface area contributed by atoms with Crippen LogP contribution < -0.4 is 5.73 Å². The fourth-order valence-corrected chi connectivity index (χ4v) is 2.54. The first kappa shape index (κ1) is 17.0. The maximum atomic E-state index is 11.7. The van der Waals surface area contributed by atoms with Crippen LogP contribution in [0, 0.1) is 13.8 Å². The molecule has 2 rings (SSSR count). The molecule has 0 saturated carbocycles. The third-order valence-electron chi connectivity index (χ3n) is 3.61. The molecule has 1 unspecified atom stereocenters. The summed E-state index contributed by atoms with van der Waals surface area (Å²) in [6.45, 7) is 5.37. The minimum atomic E-state index is -0.965. The molecule has 0 fully saturated rings. The van der Waals surface area contributed by atoms with Gasteiger partial charge in [0.15, 0.2) is 0 Å². The van der Waals surface area contributed by atoms with Gasteiger partial charge in [-0.15, -0.1) is 0 Å². The zero-order valence-corrected chi connectivity index (χ0v) is 13.6. The predicted octanol–water partition coefficient (Wildman–Crippen LogP) is 1.61. The third kappa shape index (κ3) is 4.56. The van der Waals surface area contributed by atoms with Crippen molar-refractivity contribution in [2.75, 3.05) is 13.1 Å². The van der Waals surface area contributed by atoms with E-state index in [-0.39, 0.29) is 6.17 Å². The minimum Gasteiger partial charge on any atom is -0.465 e. The lowest BCUT2D eigenvalue weighted by Crippen LogP contribution is -2.39. The number of hydrogen-bond acceptors (Lipinski definition) is 4. The Morgan fingerprint density at radius 2 is 2.00 bits per heavy atom. The largest absolute Gasteiger partial charge is 0.465 e. The quantitative estimate of drug-likeness (QED) is 0.769. The highest BCUT2D eigenvalue weighted by atomic mass is 16.4. The number of nitrogens with zero attached hydrogens (tertiary/aromatic N) is 5. The van der Waals surface area contributed by atoms with Crippen LogP contribution in [0.1, 0.15) is 30.1 Å². The Labute approximate surface area is 135 Å². The van der Waals surface area contributed by atoms with Crippen molar-refractivity contribution in [2.24, 2.45) is 5.73 Å². The summed E-state index contributed by atoms with van der Waals surface area (Å²) >= 11 is 0. The van der Waals surface area contributed by atoms with Gasteiger partial charge in [-0.25, -0.2) is 9.48 Å². The average molecular weight is 320 g/mol. The lowest BCUT2D eigenvalue weighted by molar-refractivity contribution is 0.0910. The lowest BCUT2D eigenvalue weighted by atomic mass is 10.2. The van der Waals surface area contributed by atoms with E-state index < -0.39 is 6.09 Å². The van der Waals surface area contributed by atoms with Crippen LogP contribution in [0.5, 0.6) is 0 Å². The fraction of sp³-hybridized carbons (Fsp3) is 0.533. The highest BCUT2D eigenvalue weighted by Crippen LogP contribution is 2.18. The van der Waals surface area contributed by atoms with E-state index in [2.05, 4.69) is 10.2 Å². The first-order chi connectivity index (χ1) is 11.0. The Bertz CT molecular complexity index is 635. The number of aryl methyl sites for hydroxylation is 3. The van der Waals surface area contributed by atoms with Crippen LogP contribution >= 0.6 is 0 Å². The van der Waals surface area contributed by atoms with Crippen LogP contribution in [0.15, 0.2) is 24.8 Å². The normalized spacial score (nSPS) is 12.3. The molecule has 8 heteroatoms. The van der Waals surface area contributed by atoms with Gasteiger partial charge >= 0.3 is 6.09 Å². The van der Waals surface area contributed by atoms with Gasteiger partial charge in [-0.1, -0.05) is 0 Å². The number of carboxylic acid groups (broad SMARTS) is 1. The Kier molecular flexibility index (Phi) is 5.75. The van der Waals surface area contributed by atoms with Gasteiger partial charge in [0.1, 0.15) is 6.17 Å². The van der Waals surface area contributed by atoms with Gasteiger partial charge < -0.3 is 10.8 Å². The molecule has 3 N–H and O–H groups in total. The van der Waals surface area contributed by atoms with Gasteiger partial charge in [-0.3, -0.25) is 9.58 Å². The summed E-state index contributed by atoms with van der Waals surface area (Å²) in [6, 6.07) is 0.